The van der Waals surface area contributed by atoms with Crippen LogP contribution in [-0.2, 0) is 14.8 Å². The zero-order chi connectivity index (χ0) is 23.2. The molecule has 0 radical (unpaired) electrons. The van der Waals surface area contributed by atoms with Crippen LogP contribution in [0.2, 0.25) is 0 Å². The van der Waals surface area contributed by atoms with Gasteiger partial charge in [0.25, 0.3) is 6.43 Å². The second-order valence-corrected chi connectivity index (χ2v) is 8.74. The van der Waals surface area contributed by atoms with Crippen LogP contribution in [0.3, 0.4) is 0 Å². The van der Waals surface area contributed by atoms with E-state index in [1.807, 2.05) is 0 Å². The number of hydrogen-bond donors (Lipinski definition) is 4. The van der Waals surface area contributed by atoms with Crippen molar-refractivity contribution < 1.29 is 36.2 Å². The number of anilines is 1. The van der Waals surface area contributed by atoms with E-state index in [9.17, 15) is 31.6 Å². The maximum atomic E-state index is 13.4. The normalized spacial score (nSPS) is 13.3. The SMILES string of the molecule is C[C@@H](CSc1nonc1/C(=N/O)Nc1ccc(F)c(C(F)F)c1)NC(=O)CS(N)(=O)=O. The number of benzene rings is 1. The highest BCUT2D eigenvalue weighted by molar-refractivity contribution is 7.99. The van der Waals surface area contributed by atoms with Gasteiger partial charge < -0.3 is 15.8 Å². The van der Waals surface area contributed by atoms with E-state index in [1.54, 1.807) is 6.92 Å². The molecule has 31 heavy (non-hydrogen) atoms. The minimum absolute atomic E-state index is 0.00734. The third kappa shape index (κ3) is 7.41. The van der Waals surface area contributed by atoms with Crippen LogP contribution in [0.15, 0.2) is 33.0 Å². The van der Waals surface area contributed by atoms with E-state index >= 15 is 0 Å². The topological polar surface area (TPSA) is 173 Å². The number of amidine groups is 1. The van der Waals surface area contributed by atoms with E-state index in [4.69, 9.17) is 5.14 Å². The number of nitrogens with zero attached hydrogens (tertiary/aromatic N) is 3. The van der Waals surface area contributed by atoms with Crippen molar-refractivity contribution in [3.63, 3.8) is 0 Å². The number of nitrogens with one attached hydrogen (secondary N) is 2. The van der Waals surface area contributed by atoms with Gasteiger partial charge in [0.2, 0.25) is 21.8 Å². The summed E-state index contributed by atoms with van der Waals surface area (Å²) >= 11 is 1.01. The number of hydrogen-bond acceptors (Lipinski definition) is 9. The second kappa shape index (κ2) is 10.5. The second-order valence-electron chi connectivity index (χ2n) is 6.12. The number of carbonyl (C=O) groups is 1. The van der Waals surface area contributed by atoms with Gasteiger partial charge in [-0.1, -0.05) is 16.9 Å². The van der Waals surface area contributed by atoms with Crippen LogP contribution in [0.5, 0.6) is 0 Å². The number of aromatic nitrogens is 2. The molecule has 0 aliphatic heterocycles. The first kappa shape index (κ1) is 24.4. The summed E-state index contributed by atoms with van der Waals surface area (Å²) in [7, 11) is -3.97. The van der Waals surface area contributed by atoms with Gasteiger partial charge in [0.1, 0.15) is 11.6 Å². The number of rotatable bonds is 9. The van der Waals surface area contributed by atoms with Crippen LogP contribution in [0, 0.1) is 5.82 Å². The Hall–Kier alpha value is -2.85. The van der Waals surface area contributed by atoms with Crippen LogP contribution in [-0.4, -0.2) is 53.2 Å². The van der Waals surface area contributed by atoms with Crippen molar-refractivity contribution in [2.75, 3.05) is 16.8 Å². The molecular weight excluding hydrogens is 465 g/mol. The smallest absolute Gasteiger partial charge is 0.266 e. The first-order valence-corrected chi connectivity index (χ1v) is 11.0. The zero-order valence-electron chi connectivity index (χ0n) is 15.8. The fourth-order valence-corrected chi connectivity index (χ4v) is 3.52. The molecule has 5 N–H and O–H groups in total. The summed E-state index contributed by atoms with van der Waals surface area (Å²) in [6, 6.07) is 2.29. The lowest BCUT2D eigenvalue weighted by Gasteiger charge is -2.12. The highest BCUT2D eigenvalue weighted by Gasteiger charge is 2.21. The van der Waals surface area contributed by atoms with E-state index in [2.05, 4.69) is 30.7 Å². The van der Waals surface area contributed by atoms with Crippen LogP contribution in [0.25, 0.3) is 0 Å². The van der Waals surface area contributed by atoms with E-state index in [0.29, 0.717) is 0 Å². The van der Waals surface area contributed by atoms with Gasteiger partial charge in [-0.2, -0.15) is 0 Å². The lowest BCUT2D eigenvalue weighted by Crippen LogP contribution is -2.39. The molecule has 0 saturated carbocycles. The summed E-state index contributed by atoms with van der Waals surface area (Å²) in [5, 5.41) is 29.3. The number of thioether (sulfide) groups is 1. The molecular formula is C15H17F3N6O5S2. The molecule has 0 aliphatic rings. The molecule has 0 aliphatic carbocycles. The summed E-state index contributed by atoms with van der Waals surface area (Å²) in [6.45, 7) is 1.59. The van der Waals surface area contributed by atoms with Gasteiger partial charge in [0.05, 0.1) is 5.56 Å². The van der Waals surface area contributed by atoms with Crippen molar-refractivity contribution >= 4 is 39.2 Å². The largest absolute Gasteiger partial charge is 0.409 e. The molecule has 0 fully saturated rings. The molecule has 1 amide bonds. The number of carbonyl (C=O) groups excluding carboxylic acids is 1. The number of oxime groups is 1. The monoisotopic (exact) mass is 482 g/mol. The molecule has 2 aromatic rings. The first-order chi connectivity index (χ1) is 14.5. The number of nitrogens with two attached hydrogens (primary N) is 1. The summed E-state index contributed by atoms with van der Waals surface area (Å²) in [6.07, 6.45) is -3.05. The third-order valence-corrected chi connectivity index (χ3v) is 5.36. The van der Waals surface area contributed by atoms with Gasteiger partial charge in [0.15, 0.2) is 10.7 Å². The molecule has 1 aromatic carbocycles. The maximum absolute atomic E-state index is 13.4. The van der Waals surface area contributed by atoms with Gasteiger partial charge in [-0.05, 0) is 35.4 Å². The van der Waals surface area contributed by atoms with Gasteiger partial charge in [-0.15, -0.1) is 0 Å². The molecule has 2 rings (SSSR count). The average molecular weight is 482 g/mol. The van der Waals surface area contributed by atoms with Crippen LogP contribution in [0.1, 0.15) is 24.6 Å². The molecule has 11 nitrogen and oxygen atoms in total. The summed E-state index contributed by atoms with van der Waals surface area (Å²) in [4.78, 5) is 11.6. The fraction of sp³-hybridized carbons (Fsp3) is 0.333. The van der Waals surface area contributed by atoms with Crippen LogP contribution >= 0.6 is 11.8 Å². The van der Waals surface area contributed by atoms with E-state index in [-0.39, 0.29) is 28.0 Å². The minimum atomic E-state index is -3.97. The van der Waals surface area contributed by atoms with E-state index < -0.39 is 45.5 Å². The number of alkyl halides is 2. The standard InChI is InChI=1S/C15H17F3N6O5S2/c1-7(20-11(25)6-31(19,27)28)5-30-15-12(23-29-24-15)14(22-26)21-8-2-3-10(16)9(4-8)13(17)18/h2-4,7,13,26H,5-6H2,1H3,(H,20,25)(H,21,22)(H2,19,27,28)/t7-/m0/s1. The Kier molecular flexibility index (Phi) is 8.23. The molecule has 1 atom stereocenters. The highest BCUT2D eigenvalue weighted by Crippen LogP contribution is 2.26. The van der Waals surface area contributed by atoms with E-state index in [0.717, 1.165) is 30.0 Å². The van der Waals surface area contributed by atoms with Crippen molar-refractivity contribution in [3.8, 4) is 0 Å². The maximum Gasteiger partial charge on any atom is 0.266 e. The van der Waals surface area contributed by atoms with Gasteiger partial charge in [-0.25, -0.2) is 31.4 Å². The molecule has 0 spiro atoms. The van der Waals surface area contributed by atoms with E-state index in [1.165, 1.54) is 0 Å². The van der Waals surface area contributed by atoms with Crippen molar-refractivity contribution in [2.24, 2.45) is 10.3 Å². The number of halogens is 3. The van der Waals surface area contributed by atoms with Crippen LogP contribution < -0.4 is 15.8 Å². The van der Waals surface area contributed by atoms with Gasteiger partial charge >= 0.3 is 0 Å². The van der Waals surface area contributed by atoms with Crippen LogP contribution in [0.4, 0.5) is 18.9 Å². The Labute approximate surface area is 178 Å². The van der Waals surface area contributed by atoms with Crippen molar-refractivity contribution in [1.82, 2.24) is 15.6 Å². The predicted molar refractivity (Wildman–Crippen MR) is 104 cm³/mol. The lowest BCUT2D eigenvalue weighted by molar-refractivity contribution is -0.119. The quantitative estimate of drug-likeness (QED) is 0.135. The Morgan fingerprint density at radius 3 is 2.71 bits per heavy atom. The molecule has 1 heterocycles. The summed E-state index contributed by atoms with van der Waals surface area (Å²) < 4.78 is 65.6. The number of primary sulfonamides is 1. The molecule has 170 valence electrons. The third-order valence-electron chi connectivity index (χ3n) is 3.49. The Morgan fingerprint density at radius 2 is 2.10 bits per heavy atom. The Bertz CT molecular complexity index is 1060. The van der Waals surface area contributed by atoms with Crippen molar-refractivity contribution in [3.05, 3.63) is 35.3 Å². The molecule has 0 unspecified atom stereocenters. The molecule has 16 heteroatoms. The lowest BCUT2D eigenvalue weighted by atomic mass is 10.2. The fourth-order valence-electron chi connectivity index (χ4n) is 2.22. The minimum Gasteiger partial charge on any atom is -0.409 e. The number of sulfonamides is 1. The molecule has 0 saturated heterocycles. The predicted octanol–water partition coefficient (Wildman–Crippen LogP) is 1.28. The van der Waals surface area contributed by atoms with Crippen molar-refractivity contribution in [2.45, 2.75) is 24.4 Å². The van der Waals surface area contributed by atoms with Gasteiger partial charge in [0, 0.05) is 17.5 Å². The molecule has 0 bridgehead atoms. The Balaban J connectivity index is 2.06. The van der Waals surface area contributed by atoms with Crippen molar-refractivity contribution in [1.29, 1.82) is 0 Å². The average Bonchev–Trinajstić information content (AvgIpc) is 3.12. The molecule has 1 aromatic heterocycles. The summed E-state index contributed by atoms with van der Waals surface area (Å²) in [5.74, 6) is -2.90. The van der Waals surface area contributed by atoms with Gasteiger partial charge in [-0.3, -0.25) is 4.79 Å². The number of amides is 1. The first-order valence-electron chi connectivity index (χ1n) is 8.32. The highest BCUT2D eigenvalue weighted by atomic mass is 32.2. The summed E-state index contributed by atoms with van der Waals surface area (Å²) in [5.41, 5.74) is -0.940. The Morgan fingerprint density at radius 1 is 1.39 bits per heavy atom. The zero-order valence-corrected chi connectivity index (χ0v) is 17.4.